The van der Waals surface area contributed by atoms with Crippen molar-refractivity contribution in [2.75, 3.05) is 6.54 Å². The third-order valence-corrected chi connectivity index (χ3v) is 4.51. The Morgan fingerprint density at radius 3 is 2.11 bits per heavy atom. The van der Waals surface area contributed by atoms with E-state index < -0.39 is 0 Å². The van der Waals surface area contributed by atoms with Gasteiger partial charge in [-0.3, -0.25) is 0 Å². The average molecular weight is 259 g/mol. The predicted molar refractivity (Wildman–Crippen MR) is 83.5 cm³/mol. The molecule has 2 rings (SSSR count). The van der Waals surface area contributed by atoms with Crippen molar-refractivity contribution in [1.82, 2.24) is 5.32 Å². The summed E-state index contributed by atoms with van der Waals surface area (Å²) in [5, 5.41) is 3.72. The van der Waals surface area contributed by atoms with E-state index in [0.717, 1.165) is 12.5 Å². The zero-order valence-electron chi connectivity index (χ0n) is 12.8. The minimum Gasteiger partial charge on any atom is -0.310 e. The fraction of sp³-hybridized carbons (Fsp3) is 0.667. The summed E-state index contributed by atoms with van der Waals surface area (Å²) < 4.78 is 0. The van der Waals surface area contributed by atoms with Crippen molar-refractivity contribution in [1.29, 1.82) is 0 Å². The standard InChI is InChI=1S/C18H29N/c1-4-19-18(16-8-6-5-7-9-16)17-12-10-15(11-13-17)14(2)3/h10-14,16,18-19H,4-9H2,1-3H3. The maximum atomic E-state index is 3.72. The molecule has 1 aromatic rings. The second-order valence-corrected chi connectivity index (χ2v) is 6.25. The van der Waals surface area contributed by atoms with Crippen molar-refractivity contribution in [3.8, 4) is 0 Å². The minimum atomic E-state index is 0.562. The Kier molecular flexibility index (Phi) is 5.45. The van der Waals surface area contributed by atoms with E-state index in [1.165, 1.54) is 43.2 Å². The van der Waals surface area contributed by atoms with E-state index >= 15 is 0 Å². The average Bonchev–Trinajstić information content (AvgIpc) is 2.46. The Labute approximate surface area is 118 Å². The van der Waals surface area contributed by atoms with Crippen LogP contribution in [-0.2, 0) is 0 Å². The van der Waals surface area contributed by atoms with Gasteiger partial charge in [-0.1, -0.05) is 64.3 Å². The molecule has 106 valence electrons. The highest BCUT2D eigenvalue weighted by atomic mass is 14.9. The van der Waals surface area contributed by atoms with Gasteiger partial charge < -0.3 is 5.32 Å². The summed E-state index contributed by atoms with van der Waals surface area (Å²) in [6.07, 6.45) is 7.04. The first-order valence-corrected chi connectivity index (χ1v) is 8.05. The lowest BCUT2D eigenvalue weighted by Gasteiger charge is -2.31. The van der Waals surface area contributed by atoms with E-state index in [1.807, 2.05) is 0 Å². The lowest BCUT2D eigenvalue weighted by molar-refractivity contribution is 0.274. The molecule has 1 aliphatic carbocycles. The van der Waals surface area contributed by atoms with Gasteiger partial charge in [0, 0.05) is 6.04 Å². The third kappa shape index (κ3) is 3.82. The SMILES string of the molecule is CCNC(c1ccc(C(C)C)cc1)C1CCCCC1. The molecule has 1 fully saturated rings. The first kappa shape index (κ1) is 14.6. The molecule has 0 radical (unpaired) electrons. The number of hydrogen-bond donors (Lipinski definition) is 1. The molecule has 19 heavy (non-hydrogen) atoms. The molecule has 1 atom stereocenters. The largest absolute Gasteiger partial charge is 0.310 e. The number of hydrogen-bond acceptors (Lipinski definition) is 1. The fourth-order valence-corrected chi connectivity index (χ4v) is 3.33. The number of benzene rings is 1. The lowest BCUT2D eigenvalue weighted by atomic mass is 9.81. The van der Waals surface area contributed by atoms with Gasteiger partial charge in [-0.05, 0) is 42.3 Å². The van der Waals surface area contributed by atoms with Gasteiger partial charge in [-0.2, -0.15) is 0 Å². The molecular formula is C18H29N. The molecule has 1 nitrogen and oxygen atoms in total. The molecule has 1 heteroatoms. The predicted octanol–water partition coefficient (Wildman–Crippen LogP) is 5.04. The van der Waals surface area contributed by atoms with E-state index in [1.54, 1.807) is 0 Å². The van der Waals surface area contributed by atoms with Gasteiger partial charge in [0.15, 0.2) is 0 Å². The summed E-state index contributed by atoms with van der Waals surface area (Å²) in [6.45, 7) is 7.81. The second-order valence-electron chi connectivity index (χ2n) is 6.25. The van der Waals surface area contributed by atoms with Crippen LogP contribution in [0.2, 0.25) is 0 Å². The molecule has 0 aromatic heterocycles. The highest BCUT2D eigenvalue weighted by molar-refractivity contribution is 5.27. The molecule has 0 saturated heterocycles. The smallest absolute Gasteiger partial charge is 0.0348 e. The van der Waals surface area contributed by atoms with Crippen LogP contribution in [0.3, 0.4) is 0 Å². The molecule has 0 aliphatic heterocycles. The second kappa shape index (κ2) is 7.09. The molecule has 0 bridgehead atoms. The quantitative estimate of drug-likeness (QED) is 0.781. The van der Waals surface area contributed by atoms with Gasteiger partial charge in [0.25, 0.3) is 0 Å². The van der Waals surface area contributed by atoms with Gasteiger partial charge in [0.2, 0.25) is 0 Å². The number of rotatable bonds is 5. The van der Waals surface area contributed by atoms with Crippen molar-refractivity contribution in [3.63, 3.8) is 0 Å². The van der Waals surface area contributed by atoms with E-state index in [-0.39, 0.29) is 0 Å². The Bertz CT molecular complexity index is 360. The number of nitrogens with one attached hydrogen (secondary N) is 1. The Hall–Kier alpha value is -0.820. The van der Waals surface area contributed by atoms with Crippen molar-refractivity contribution < 1.29 is 0 Å². The van der Waals surface area contributed by atoms with E-state index in [0.29, 0.717) is 12.0 Å². The van der Waals surface area contributed by atoms with Gasteiger partial charge in [0.05, 0.1) is 0 Å². The Morgan fingerprint density at radius 2 is 1.58 bits per heavy atom. The van der Waals surface area contributed by atoms with Crippen molar-refractivity contribution in [2.45, 2.75) is 64.8 Å². The Balaban J connectivity index is 2.13. The van der Waals surface area contributed by atoms with Crippen LogP contribution >= 0.6 is 0 Å². The first-order valence-electron chi connectivity index (χ1n) is 8.05. The van der Waals surface area contributed by atoms with Crippen molar-refractivity contribution >= 4 is 0 Å². The topological polar surface area (TPSA) is 12.0 Å². The summed E-state index contributed by atoms with van der Waals surface area (Å²) in [5.41, 5.74) is 2.93. The van der Waals surface area contributed by atoms with E-state index in [2.05, 4.69) is 50.4 Å². The van der Waals surface area contributed by atoms with Crippen molar-refractivity contribution in [3.05, 3.63) is 35.4 Å². The minimum absolute atomic E-state index is 0.562. The van der Waals surface area contributed by atoms with Crippen LogP contribution in [0, 0.1) is 5.92 Å². The van der Waals surface area contributed by atoms with Gasteiger partial charge in [-0.15, -0.1) is 0 Å². The van der Waals surface area contributed by atoms with Crippen LogP contribution in [0.4, 0.5) is 0 Å². The van der Waals surface area contributed by atoms with Crippen LogP contribution < -0.4 is 5.32 Å². The molecule has 0 amide bonds. The van der Waals surface area contributed by atoms with E-state index in [4.69, 9.17) is 0 Å². The summed E-state index contributed by atoms with van der Waals surface area (Å²) in [7, 11) is 0. The highest BCUT2D eigenvalue weighted by Gasteiger charge is 2.24. The van der Waals surface area contributed by atoms with Crippen LogP contribution in [0.25, 0.3) is 0 Å². The summed E-state index contributed by atoms with van der Waals surface area (Å²) >= 11 is 0. The van der Waals surface area contributed by atoms with E-state index in [9.17, 15) is 0 Å². The zero-order chi connectivity index (χ0) is 13.7. The normalized spacial score (nSPS) is 18.7. The van der Waals surface area contributed by atoms with Gasteiger partial charge in [-0.25, -0.2) is 0 Å². The Morgan fingerprint density at radius 1 is 1.00 bits per heavy atom. The highest BCUT2D eigenvalue weighted by Crippen LogP contribution is 2.34. The molecule has 0 spiro atoms. The maximum absolute atomic E-state index is 3.72. The van der Waals surface area contributed by atoms with Crippen LogP contribution in [0.1, 0.15) is 76.0 Å². The summed E-state index contributed by atoms with van der Waals surface area (Å²) in [4.78, 5) is 0. The third-order valence-electron chi connectivity index (χ3n) is 4.51. The summed E-state index contributed by atoms with van der Waals surface area (Å²) in [6, 6.07) is 9.88. The maximum Gasteiger partial charge on any atom is 0.0348 e. The van der Waals surface area contributed by atoms with Gasteiger partial charge >= 0.3 is 0 Å². The van der Waals surface area contributed by atoms with Crippen molar-refractivity contribution in [2.24, 2.45) is 5.92 Å². The molecule has 1 aliphatic rings. The summed E-state index contributed by atoms with van der Waals surface area (Å²) in [5.74, 6) is 1.46. The van der Waals surface area contributed by atoms with Crippen LogP contribution in [0.15, 0.2) is 24.3 Å². The molecule has 1 N–H and O–H groups in total. The molecule has 1 unspecified atom stereocenters. The zero-order valence-corrected chi connectivity index (χ0v) is 12.8. The van der Waals surface area contributed by atoms with Crippen LogP contribution in [0.5, 0.6) is 0 Å². The van der Waals surface area contributed by atoms with Gasteiger partial charge in [0.1, 0.15) is 0 Å². The molecule has 1 aromatic carbocycles. The molecule has 0 heterocycles. The monoisotopic (exact) mass is 259 g/mol. The lowest BCUT2D eigenvalue weighted by Crippen LogP contribution is -2.29. The van der Waals surface area contributed by atoms with Crippen LogP contribution in [-0.4, -0.2) is 6.54 Å². The fourth-order valence-electron chi connectivity index (χ4n) is 3.33. The molecular weight excluding hydrogens is 230 g/mol. The first-order chi connectivity index (χ1) is 9.22. The molecule has 1 saturated carbocycles.